The number of fused-ring (bicyclic) bond motifs is 1. The third kappa shape index (κ3) is 5.60. The molecule has 1 heterocycles. The fraction of sp³-hybridized carbons (Fsp3) is 0.520. The lowest BCUT2D eigenvalue weighted by Crippen LogP contribution is -2.44. The highest BCUT2D eigenvalue weighted by Crippen LogP contribution is 2.42. The molecule has 164 valence electrons. The largest absolute Gasteiger partial charge is 0.543 e. The molecule has 5 heteroatoms. The fourth-order valence-corrected chi connectivity index (χ4v) is 4.68. The van der Waals surface area contributed by atoms with Gasteiger partial charge in [0.1, 0.15) is 17.6 Å². The molecular weight excluding hydrogens is 412 g/mol. The van der Waals surface area contributed by atoms with Crippen LogP contribution in [0.15, 0.2) is 36.4 Å². The maximum absolute atomic E-state index is 9.34. The molecule has 0 fully saturated rings. The number of rotatable bonds is 8. The van der Waals surface area contributed by atoms with Gasteiger partial charge in [-0.1, -0.05) is 44.5 Å². The Morgan fingerprint density at radius 2 is 1.83 bits per heavy atom. The zero-order valence-electron chi connectivity index (χ0n) is 18.9. The minimum absolute atomic E-state index is 0.137. The van der Waals surface area contributed by atoms with Crippen LogP contribution in [0.5, 0.6) is 11.5 Å². The van der Waals surface area contributed by atoms with Gasteiger partial charge in [0.25, 0.3) is 0 Å². The van der Waals surface area contributed by atoms with E-state index in [0.717, 1.165) is 54.2 Å². The Hall–Kier alpha value is -1.49. The zero-order chi connectivity index (χ0) is 21.9. The van der Waals surface area contributed by atoms with Gasteiger partial charge in [-0.15, -0.1) is 0 Å². The van der Waals surface area contributed by atoms with Crippen LogP contribution in [-0.4, -0.2) is 26.1 Å². The van der Waals surface area contributed by atoms with E-state index in [1.54, 1.807) is 0 Å². The van der Waals surface area contributed by atoms with Gasteiger partial charge >= 0.3 is 0 Å². The topological polar surface area (TPSA) is 38.7 Å². The molecule has 0 spiro atoms. The molecule has 0 saturated heterocycles. The smallest absolute Gasteiger partial charge is 0.250 e. The van der Waals surface area contributed by atoms with Crippen LogP contribution in [0, 0.1) is 0 Å². The molecule has 1 aliphatic heterocycles. The summed E-state index contributed by atoms with van der Waals surface area (Å²) in [7, 11) is -1.94. The van der Waals surface area contributed by atoms with Crippen molar-refractivity contribution in [2.75, 3.05) is 6.61 Å². The minimum atomic E-state index is -1.94. The second kappa shape index (κ2) is 9.33. The van der Waals surface area contributed by atoms with Gasteiger partial charge < -0.3 is 14.3 Å². The summed E-state index contributed by atoms with van der Waals surface area (Å²) in [5.74, 6) is 1.96. The van der Waals surface area contributed by atoms with Gasteiger partial charge in [-0.2, -0.15) is 0 Å². The molecule has 1 N–H and O–H groups in total. The van der Waals surface area contributed by atoms with E-state index in [9.17, 15) is 5.11 Å². The molecule has 0 radical (unpaired) electrons. The standard InChI is InChI=1S/C25H35ClO3Si/c1-25(2,3)30(4,5)29-24-17-20-15-22(13-10-18-8-11-21(26)12-9-18)28-23(20)16-19(24)7-6-14-27/h8-9,11-12,16-17,22,27H,6-7,10,13-15H2,1-5H3. The van der Waals surface area contributed by atoms with Gasteiger partial charge in [0.2, 0.25) is 8.32 Å². The van der Waals surface area contributed by atoms with Crippen LogP contribution >= 0.6 is 11.6 Å². The second-order valence-electron chi connectivity index (χ2n) is 9.87. The van der Waals surface area contributed by atoms with Gasteiger partial charge in [0.15, 0.2) is 0 Å². The van der Waals surface area contributed by atoms with Crippen molar-refractivity contribution in [2.24, 2.45) is 0 Å². The number of ether oxygens (including phenoxy) is 1. The minimum Gasteiger partial charge on any atom is -0.543 e. The van der Waals surface area contributed by atoms with Crippen molar-refractivity contribution in [3.05, 3.63) is 58.1 Å². The van der Waals surface area contributed by atoms with E-state index in [2.05, 4.69) is 58.1 Å². The number of benzene rings is 2. The van der Waals surface area contributed by atoms with E-state index >= 15 is 0 Å². The number of hydrogen-bond donors (Lipinski definition) is 1. The van der Waals surface area contributed by atoms with Crippen molar-refractivity contribution in [3.8, 4) is 11.5 Å². The number of halogens is 1. The first-order chi connectivity index (χ1) is 14.1. The van der Waals surface area contributed by atoms with Crippen LogP contribution in [0.25, 0.3) is 0 Å². The third-order valence-electron chi connectivity index (χ3n) is 6.43. The first kappa shape index (κ1) is 23.2. The van der Waals surface area contributed by atoms with Crippen molar-refractivity contribution in [1.29, 1.82) is 0 Å². The maximum Gasteiger partial charge on any atom is 0.250 e. The van der Waals surface area contributed by atoms with Crippen molar-refractivity contribution >= 4 is 19.9 Å². The summed E-state index contributed by atoms with van der Waals surface area (Å²) in [6, 6.07) is 12.4. The molecule has 3 nitrogen and oxygen atoms in total. The molecule has 0 amide bonds. The lowest BCUT2D eigenvalue weighted by Gasteiger charge is -2.37. The molecule has 2 aromatic rings. The first-order valence-electron chi connectivity index (χ1n) is 11.0. The van der Waals surface area contributed by atoms with Crippen LogP contribution in [0.1, 0.15) is 50.3 Å². The summed E-state index contributed by atoms with van der Waals surface area (Å²) in [5, 5.41) is 10.2. The summed E-state index contributed by atoms with van der Waals surface area (Å²) in [6.07, 6.45) is 4.57. The lowest BCUT2D eigenvalue weighted by molar-refractivity contribution is 0.221. The van der Waals surface area contributed by atoms with Crippen LogP contribution in [-0.2, 0) is 19.3 Å². The molecular formula is C25H35ClO3Si. The Morgan fingerprint density at radius 1 is 1.13 bits per heavy atom. The molecule has 0 aliphatic carbocycles. The predicted molar refractivity (Wildman–Crippen MR) is 128 cm³/mol. The van der Waals surface area contributed by atoms with Crippen molar-refractivity contribution < 1.29 is 14.3 Å². The third-order valence-corrected chi connectivity index (χ3v) is 11.0. The van der Waals surface area contributed by atoms with Crippen LogP contribution in [0.4, 0.5) is 0 Å². The lowest BCUT2D eigenvalue weighted by atomic mass is 10.0. The molecule has 2 aromatic carbocycles. The second-order valence-corrected chi connectivity index (χ2v) is 15.0. The molecule has 1 aliphatic rings. The maximum atomic E-state index is 9.34. The Morgan fingerprint density at radius 3 is 2.47 bits per heavy atom. The quantitative estimate of drug-likeness (QED) is 0.465. The number of aryl methyl sites for hydroxylation is 2. The summed E-state index contributed by atoms with van der Waals surface area (Å²) in [4.78, 5) is 0. The monoisotopic (exact) mass is 446 g/mol. The SMILES string of the molecule is CC(C)(C)[Si](C)(C)Oc1cc2c(cc1CCCO)OC(CCc1ccc(Cl)cc1)C2. The molecule has 1 unspecified atom stereocenters. The zero-order valence-corrected chi connectivity index (χ0v) is 20.7. The van der Waals surface area contributed by atoms with E-state index in [-0.39, 0.29) is 17.7 Å². The van der Waals surface area contributed by atoms with E-state index in [0.29, 0.717) is 0 Å². The summed E-state index contributed by atoms with van der Waals surface area (Å²) in [5.41, 5.74) is 3.66. The molecule has 3 rings (SSSR count). The van der Waals surface area contributed by atoms with Crippen molar-refractivity contribution in [2.45, 2.75) is 77.1 Å². The number of hydrogen-bond acceptors (Lipinski definition) is 3. The van der Waals surface area contributed by atoms with Crippen LogP contribution in [0.2, 0.25) is 23.2 Å². The predicted octanol–water partition coefficient (Wildman–Crippen LogP) is 6.59. The highest BCUT2D eigenvalue weighted by molar-refractivity contribution is 6.74. The fourth-order valence-electron chi connectivity index (χ4n) is 3.51. The van der Waals surface area contributed by atoms with Crippen molar-refractivity contribution in [1.82, 2.24) is 0 Å². The number of aliphatic hydroxyl groups is 1. The Kier molecular flexibility index (Phi) is 7.21. The van der Waals surface area contributed by atoms with E-state index < -0.39 is 8.32 Å². The molecule has 0 saturated carbocycles. The molecule has 0 aromatic heterocycles. The van der Waals surface area contributed by atoms with E-state index in [4.69, 9.17) is 20.8 Å². The summed E-state index contributed by atoms with van der Waals surface area (Å²) >= 11 is 5.99. The molecule has 30 heavy (non-hydrogen) atoms. The van der Waals surface area contributed by atoms with Crippen LogP contribution < -0.4 is 9.16 Å². The normalized spacial score (nSPS) is 16.3. The van der Waals surface area contributed by atoms with E-state index in [1.807, 2.05) is 12.1 Å². The Bertz CT molecular complexity index is 856. The van der Waals surface area contributed by atoms with E-state index in [1.165, 1.54) is 11.1 Å². The van der Waals surface area contributed by atoms with Crippen LogP contribution in [0.3, 0.4) is 0 Å². The Labute approximate surface area is 187 Å². The average Bonchev–Trinajstić information content (AvgIpc) is 3.06. The molecule has 1 atom stereocenters. The van der Waals surface area contributed by atoms with Gasteiger partial charge in [-0.25, -0.2) is 0 Å². The highest BCUT2D eigenvalue weighted by atomic mass is 35.5. The number of aliphatic hydroxyl groups excluding tert-OH is 1. The average molecular weight is 447 g/mol. The van der Waals surface area contributed by atoms with Crippen molar-refractivity contribution in [3.63, 3.8) is 0 Å². The van der Waals surface area contributed by atoms with Gasteiger partial charge in [0, 0.05) is 23.6 Å². The summed E-state index contributed by atoms with van der Waals surface area (Å²) < 4.78 is 13.0. The molecule has 0 bridgehead atoms. The summed E-state index contributed by atoms with van der Waals surface area (Å²) in [6.45, 7) is 11.5. The van der Waals surface area contributed by atoms with Gasteiger partial charge in [0.05, 0.1) is 0 Å². The highest BCUT2D eigenvalue weighted by Gasteiger charge is 2.39. The first-order valence-corrected chi connectivity index (χ1v) is 14.2. The van der Waals surface area contributed by atoms with Gasteiger partial charge in [-0.05, 0) is 79.2 Å². The Balaban J connectivity index is 1.75. The van der Waals surface area contributed by atoms with Gasteiger partial charge in [-0.3, -0.25) is 0 Å².